The van der Waals surface area contributed by atoms with Gasteiger partial charge in [-0.05, 0) is 47.7 Å². The van der Waals surface area contributed by atoms with Crippen molar-refractivity contribution in [2.75, 3.05) is 13.1 Å². The van der Waals surface area contributed by atoms with Gasteiger partial charge >= 0.3 is 6.09 Å². The third-order valence-corrected chi connectivity index (χ3v) is 7.35. The molecule has 0 unspecified atom stereocenters. The Morgan fingerprint density at radius 3 is 2.92 bits per heavy atom. The largest absolute Gasteiger partial charge is 0.488 e. The van der Waals surface area contributed by atoms with Crippen LogP contribution in [-0.4, -0.2) is 45.1 Å². The molecule has 3 aromatic heterocycles. The lowest BCUT2D eigenvalue weighted by Crippen LogP contribution is -2.31. The second-order valence-electron chi connectivity index (χ2n) is 9.09. The molecule has 1 fully saturated rings. The Bertz CT molecular complexity index is 1660. The van der Waals surface area contributed by atoms with Crippen LogP contribution < -0.4 is 10.3 Å². The lowest BCUT2D eigenvalue weighted by molar-refractivity contribution is 0.0991. The summed E-state index contributed by atoms with van der Waals surface area (Å²) in [6.07, 6.45) is 1.93. The van der Waals surface area contributed by atoms with Gasteiger partial charge in [-0.2, -0.15) is 0 Å². The first kappa shape index (κ1) is 23.2. The number of aryl methyl sites for hydroxylation is 1. The minimum atomic E-state index is -0.354. The van der Waals surface area contributed by atoms with Gasteiger partial charge < -0.3 is 19.4 Å². The number of likely N-dealkylation sites (tertiary alicyclic amines) is 1. The van der Waals surface area contributed by atoms with Crippen molar-refractivity contribution in [3.8, 4) is 17.3 Å². The number of nitrogens with zero attached hydrogens (tertiary/aromatic N) is 3. The fourth-order valence-electron chi connectivity index (χ4n) is 4.55. The van der Waals surface area contributed by atoms with Crippen LogP contribution in [0.1, 0.15) is 17.5 Å². The van der Waals surface area contributed by atoms with Crippen molar-refractivity contribution in [3.05, 3.63) is 87.7 Å². The smallest absolute Gasteiger partial charge is 0.410 e. The molecule has 0 saturated carbocycles. The van der Waals surface area contributed by atoms with E-state index in [1.54, 1.807) is 28.5 Å². The Hall–Kier alpha value is -4.24. The number of carbonyl (C=O) groups excluding carboxylic acids is 1. The summed E-state index contributed by atoms with van der Waals surface area (Å²) in [7, 11) is 0. The predicted molar refractivity (Wildman–Crippen MR) is 143 cm³/mol. The number of thiophene rings is 1. The van der Waals surface area contributed by atoms with Crippen molar-refractivity contribution in [3.63, 3.8) is 0 Å². The van der Waals surface area contributed by atoms with Crippen molar-refractivity contribution in [1.82, 2.24) is 19.9 Å². The number of benzene rings is 2. The summed E-state index contributed by atoms with van der Waals surface area (Å²) in [5, 5.41) is 3.52. The number of fused-ring (bicyclic) bond motifs is 2. The van der Waals surface area contributed by atoms with Crippen LogP contribution in [0.4, 0.5) is 4.79 Å². The Kier molecular flexibility index (Phi) is 6.05. The number of aromatic amines is 1. The molecule has 186 valence electrons. The Balaban J connectivity index is 1.17. The van der Waals surface area contributed by atoms with Crippen molar-refractivity contribution in [1.29, 1.82) is 0 Å². The highest BCUT2D eigenvalue weighted by molar-refractivity contribution is 7.17. The van der Waals surface area contributed by atoms with E-state index in [1.165, 1.54) is 0 Å². The molecule has 0 bridgehead atoms. The number of nitrogens with one attached hydrogen (secondary N) is 1. The highest BCUT2D eigenvalue weighted by Crippen LogP contribution is 2.27. The summed E-state index contributed by atoms with van der Waals surface area (Å²) < 4.78 is 12.7. The summed E-state index contributed by atoms with van der Waals surface area (Å²) in [4.78, 5) is 39.2. The van der Waals surface area contributed by atoms with Gasteiger partial charge in [0.2, 0.25) is 0 Å². The maximum atomic E-state index is 13.0. The van der Waals surface area contributed by atoms with Crippen LogP contribution in [-0.2, 0) is 11.3 Å². The first-order chi connectivity index (χ1) is 18.0. The zero-order valence-corrected chi connectivity index (χ0v) is 21.0. The van der Waals surface area contributed by atoms with Gasteiger partial charge in [-0.15, -0.1) is 11.3 Å². The third-order valence-electron chi connectivity index (χ3n) is 6.47. The van der Waals surface area contributed by atoms with Crippen LogP contribution in [0.25, 0.3) is 32.5 Å². The zero-order valence-electron chi connectivity index (χ0n) is 20.1. The molecule has 0 aliphatic carbocycles. The average molecular weight is 513 g/mol. The first-order valence-electron chi connectivity index (χ1n) is 12.0. The van der Waals surface area contributed by atoms with Crippen LogP contribution in [0.2, 0.25) is 0 Å². The number of pyridine rings is 1. The lowest BCUT2D eigenvalue weighted by Gasteiger charge is -2.17. The van der Waals surface area contributed by atoms with E-state index in [-0.39, 0.29) is 24.4 Å². The summed E-state index contributed by atoms with van der Waals surface area (Å²) in [6, 6.07) is 17.1. The van der Waals surface area contributed by atoms with E-state index >= 15 is 0 Å². The number of rotatable bonds is 5. The number of aromatic nitrogens is 3. The molecule has 8 nitrogen and oxygen atoms in total. The average Bonchev–Trinajstić information content (AvgIpc) is 3.58. The topological polar surface area (TPSA) is 97.4 Å². The molecule has 0 radical (unpaired) electrons. The fourth-order valence-corrected chi connectivity index (χ4v) is 5.35. The molecule has 1 saturated heterocycles. The van der Waals surface area contributed by atoms with Gasteiger partial charge in [0.25, 0.3) is 5.56 Å². The number of carbonyl (C=O) groups is 1. The van der Waals surface area contributed by atoms with E-state index in [2.05, 4.69) is 9.97 Å². The summed E-state index contributed by atoms with van der Waals surface area (Å²) in [6.45, 7) is 3.12. The summed E-state index contributed by atoms with van der Waals surface area (Å²) >= 11 is 1.62. The molecule has 1 aliphatic rings. The van der Waals surface area contributed by atoms with Gasteiger partial charge in [0.15, 0.2) is 5.82 Å². The quantitative estimate of drug-likeness (QED) is 0.343. The predicted octanol–water partition coefficient (Wildman–Crippen LogP) is 5.30. The van der Waals surface area contributed by atoms with Crippen molar-refractivity contribution >= 4 is 38.4 Å². The van der Waals surface area contributed by atoms with Crippen LogP contribution in [0.5, 0.6) is 5.75 Å². The highest BCUT2D eigenvalue weighted by Gasteiger charge is 2.29. The third kappa shape index (κ3) is 4.77. The maximum absolute atomic E-state index is 13.0. The molecule has 0 spiro atoms. The van der Waals surface area contributed by atoms with E-state index in [9.17, 15) is 9.59 Å². The molecule has 1 aliphatic heterocycles. The first-order valence-corrected chi connectivity index (χ1v) is 12.9. The van der Waals surface area contributed by atoms with Crippen molar-refractivity contribution in [2.24, 2.45) is 0 Å². The molecule has 5 aromatic rings. The summed E-state index contributed by atoms with van der Waals surface area (Å²) in [5.41, 5.74) is 2.75. The Morgan fingerprint density at radius 1 is 1.19 bits per heavy atom. The minimum absolute atomic E-state index is 0.186. The monoisotopic (exact) mass is 512 g/mol. The number of hydrogen-bond donors (Lipinski definition) is 1. The fraction of sp³-hybridized carbons (Fsp3) is 0.214. The standard InChI is InChI=1S/C28H24N4O4S/c1-17-11-21(36-20-7-9-32(15-20)28(34)35-16-18-5-3-2-4-6-18)12-22-25(17)30-26(31-27(22)33)23-13-24-19(14-29-23)8-10-37-24/h2-6,8,10-14,20H,7,9,15-16H2,1H3,(H,30,31,33)/t20-/m1/s1. The molecular formula is C28H24N4O4S. The maximum Gasteiger partial charge on any atom is 0.410 e. The molecule has 9 heteroatoms. The Labute approximate surface area is 216 Å². The molecule has 1 amide bonds. The second-order valence-corrected chi connectivity index (χ2v) is 10.0. The van der Waals surface area contributed by atoms with E-state index in [1.807, 2.05) is 60.8 Å². The van der Waals surface area contributed by atoms with Gasteiger partial charge in [-0.3, -0.25) is 9.78 Å². The molecule has 1 N–H and O–H groups in total. The van der Waals surface area contributed by atoms with Crippen molar-refractivity contribution < 1.29 is 14.3 Å². The Morgan fingerprint density at radius 2 is 2.05 bits per heavy atom. The lowest BCUT2D eigenvalue weighted by atomic mass is 10.1. The van der Waals surface area contributed by atoms with Gasteiger partial charge in [-0.25, -0.2) is 9.78 Å². The van der Waals surface area contributed by atoms with Crippen LogP contribution >= 0.6 is 11.3 Å². The molecule has 37 heavy (non-hydrogen) atoms. The van der Waals surface area contributed by atoms with E-state index in [4.69, 9.17) is 14.5 Å². The van der Waals surface area contributed by atoms with E-state index < -0.39 is 0 Å². The second kappa shape index (κ2) is 9.67. The number of H-pyrrole nitrogens is 1. The number of hydrogen-bond acceptors (Lipinski definition) is 7. The molecule has 2 aromatic carbocycles. The van der Waals surface area contributed by atoms with Gasteiger partial charge in [0.05, 0.1) is 17.4 Å². The SMILES string of the molecule is Cc1cc(O[C@@H]2CCN(C(=O)OCc3ccccc3)C2)cc2c(=O)[nH]c(-c3cc4sccc4cn3)nc12. The highest BCUT2D eigenvalue weighted by atomic mass is 32.1. The molecular weight excluding hydrogens is 488 g/mol. The number of ether oxygens (including phenoxy) is 2. The van der Waals surface area contributed by atoms with Gasteiger partial charge in [0, 0.05) is 29.2 Å². The van der Waals surface area contributed by atoms with Crippen LogP contribution in [0, 0.1) is 6.92 Å². The molecule has 1 atom stereocenters. The number of amides is 1. The summed E-state index contributed by atoms with van der Waals surface area (Å²) in [5.74, 6) is 1.01. The van der Waals surface area contributed by atoms with E-state index in [0.717, 1.165) is 21.2 Å². The van der Waals surface area contributed by atoms with Crippen molar-refractivity contribution in [2.45, 2.75) is 26.1 Å². The minimum Gasteiger partial charge on any atom is -0.488 e. The van der Waals surface area contributed by atoms with Crippen LogP contribution in [0.3, 0.4) is 0 Å². The molecule has 6 rings (SSSR count). The zero-order chi connectivity index (χ0) is 25.4. The van der Waals surface area contributed by atoms with E-state index in [0.29, 0.717) is 47.7 Å². The van der Waals surface area contributed by atoms with Gasteiger partial charge in [0.1, 0.15) is 24.2 Å². The van der Waals surface area contributed by atoms with Crippen LogP contribution in [0.15, 0.2) is 71.0 Å². The molecule has 4 heterocycles. The van der Waals surface area contributed by atoms with Gasteiger partial charge in [-0.1, -0.05) is 30.3 Å². The normalized spacial score (nSPS) is 15.4.